The van der Waals surface area contributed by atoms with Gasteiger partial charge in [-0.05, 0) is 48.9 Å². The van der Waals surface area contributed by atoms with Gasteiger partial charge < -0.3 is 34.6 Å². The molecule has 4 amide bonds. The Labute approximate surface area is 200 Å². The van der Waals surface area contributed by atoms with Gasteiger partial charge in [0.15, 0.2) is 0 Å². The fourth-order valence-corrected chi connectivity index (χ4v) is 4.80. The maximum Gasteiger partial charge on any atom is 0.322 e. The summed E-state index contributed by atoms with van der Waals surface area (Å²) in [5.41, 5.74) is 1.22. The fraction of sp³-hybridized carbons (Fsp3) is 0.440. The lowest BCUT2D eigenvalue weighted by molar-refractivity contribution is 0.128. The molecule has 0 radical (unpaired) electrons. The third-order valence-corrected chi connectivity index (χ3v) is 6.85. The van der Waals surface area contributed by atoms with Crippen LogP contribution in [0.3, 0.4) is 0 Å². The van der Waals surface area contributed by atoms with Gasteiger partial charge in [-0.1, -0.05) is 18.2 Å². The van der Waals surface area contributed by atoms with Gasteiger partial charge in [0.1, 0.15) is 22.9 Å². The molecule has 0 saturated carbocycles. The normalized spacial score (nSPS) is 16.8. The molecule has 2 saturated heterocycles. The van der Waals surface area contributed by atoms with Gasteiger partial charge in [0, 0.05) is 26.2 Å². The third kappa shape index (κ3) is 4.83. The van der Waals surface area contributed by atoms with Crippen molar-refractivity contribution in [2.24, 2.45) is 5.41 Å². The first kappa shape index (κ1) is 23.5. The zero-order chi connectivity index (χ0) is 24.1. The highest BCUT2D eigenvalue weighted by molar-refractivity contribution is 5.93. The number of likely N-dealkylation sites (tertiary alicyclic amines) is 2. The summed E-state index contributed by atoms with van der Waals surface area (Å²) in [4.78, 5) is 29.5. The minimum absolute atomic E-state index is 0.0312. The summed E-state index contributed by atoms with van der Waals surface area (Å²) in [7, 11) is 4.71. The van der Waals surface area contributed by atoms with Crippen LogP contribution in [-0.2, 0) is 0 Å². The lowest BCUT2D eigenvalue weighted by Gasteiger charge is -2.39. The summed E-state index contributed by atoms with van der Waals surface area (Å²) in [6.07, 6.45) is 2.63. The number of rotatable bonds is 5. The Balaban J connectivity index is 1.33. The summed E-state index contributed by atoms with van der Waals surface area (Å²) < 4.78 is 16.1. The molecule has 0 aliphatic carbocycles. The van der Waals surface area contributed by atoms with Crippen LogP contribution < -0.4 is 24.8 Å². The molecule has 182 valence electrons. The van der Waals surface area contributed by atoms with Crippen LogP contribution in [0.25, 0.3) is 0 Å². The van der Waals surface area contributed by atoms with Crippen molar-refractivity contribution in [3.63, 3.8) is 0 Å². The number of nitrogens with one attached hydrogen (secondary N) is 2. The molecule has 0 aromatic heterocycles. The summed E-state index contributed by atoms with van der Waals surface area (Å²) in [5, 5.41) is 5.91. The average molecular weight is 469 g/mol. The number of nitrogens with zero attached hydrogens (tertiary/aromatic N) is 2. The zero-order valence-corrected chi connectivity index (χ0v) is 19.9. The van der Waals surface area contributed by atoms with Crippen molar-refractivity contribution < 1.29 is 23.8 Å². The van der Waals surface area contributed by atoms with E-state index in [9.17, 15) is 9.59 Å². The number of benzene rings is 2. The van der Waals surface area contributed by atoms with Gasteiger partial charge in [-0.15, -0.1) is 0 Å². The lowest BCUT2D eigenvalue weighted by atomic mass is 9.78. The Hall–Kier alpha value is -3.62. The monoisotopic (exact) mass is 468 g/mol. The first-order valence-corrected chi connectivity index (χ1v) is 11.4. The molecule has 2 N–H and O–H groups in total. The minimum Gasteiger partial charge on any atom is -0.495 e. The molecule has 0 bridgehead atoms. The highest BCUT2D eigenvalue weighted by Crippen LogP contribution is 2.41. The summed E-state index contributed by atoms with van der Waals surface area (Å²) in [6.45, 7) is 2.64. The van der Waals surface area contributed by atoms with Gasteiger partial charge in [0.05, 0.1) is 27.0 Å². The second-order valence-corrected chi connectivity index (χ2v) is 8.76. The Morgan fingerprint density at radius 2 is 1.26 bits per heavy atom. The molecule has 2 aromatic carbocycles. The molecule has 0 unspecified atom stereocenters. The minimum atomic E-state index is -0.170. The van der Waals surface area contributed by atoms with E-state index in [1.807, 2.05) is 40.1 Å². The van der Waals surface area contributed by atoms with E-state index in [0.29, 0.717) is 54.8 Å². The number of anilines is 2. The Morgan fingerprint density at radius 3 is 1.88 bits per heavy atom. The summed E-state index contributed by atoms with van der Waals surface area (Å²) >= 11 is 0. The molecular formula is C25H32N4O5. The second-order valence-electron chi connectivity index (χ2n) is 8.76. The van der Waals surface area contributed by atoms with Crippen molar-refractivity contribution in [1.29, 1.82) is 0 Å². The van der Waals surface area contributed by atoms with E-state index < -0.39 is 0 Å². The van der Waals surface area contributed by atoms with Gasteiger partial charge in [-0.25, -0.2) is 9.59 Å². The standard InChI is InChI=1S/C25H32N4O5/c1-32-19-8-5-4-7-18(19)26-23(30)28-14-11-25(12-15-28)13-16-29(17-25)24(31)27-22-20(33-2)9-6-10-21(22)34-3/h4-10H,11-17H2,1-3H3,(H,26,30)(H,27,31). The number of hydrogen-bond acceptors (Lipinski definition) is 5. The number of amides is 4. The van der Waals surface area contributed by atoms with Gasteiger partial charge in [0.2, 0.25) is 0 Å². The van der Waals surface area contributed by atoms with Gasteiger partial charge in [-0.2, -0.15) is 0 Å². The predicted octanol–water partition coefficient (Wildman–Crippen LogP) is 4.26. The lowest BCUT2D eigenvalue weighted by Crippen LogP contribution is -2.46. The Bertz CT molecular complexity index is 1010. The van der Waals surface area contributed by atoms with Crippen LogP contribution in [0.2, 0.25) is 0 Å². The van der Waals surface area contributed by atoms with Crippen LogP contribution in [0.15, 0.2) is 42.5 Å². The number of carbonyl (C=O) groups excluding carboxylic acids is 2. The van der Waals surface area contributed by atoms with Gasteiger partial charge in [0.25, 0.3) is 0 Å². The van der Waals surface area contributed by atoms with Crippen molar-refractivity contribution in [2.75, 3.05) is 58.1 Å². The molecule has 1 spiro atoms. The number of para-hydroxylation sites is 3. The van der Waals surface area contributed by atoms with E-state index >= 15 is 0 Å². The third-order valence-electron chi connectivity index (χ3n) is 6.85. The zero-order valence-electron chi connectivity index (χ0n) is 19.9. The highest BCUT2D eigenvalue weighted by atomic mass is 16.5. The Kier molecular flexibility index (Phi) is 7.00. The summed E-state index contributed by atoms with van der Waals surface area (Å²) in [6, 6.07) is 12.5. The van der Waals surface area contributed by atoms with Crippen molar-refractivity contribution in [2.45, 2.75) is 19.3 Å². The molecule has 2 aliphatic heterocycles. The van der Waals surface area contributed by atoms with Gasteiger partial charge >= 0.3 is 12.1 Å². The average Bonchev–Trinajstić information content (AvgIpc) is 3.28. The van der Waals surface area contributed by atoms with E-state index in [2.05, 4.69) is 10.6 Å². The number of hydrogen-bond donors (Lipinski definition) is 2. The number of urea groups is 2. The van der Waals surface area contributed by atoms with Crippen molar-refractivity contribution in [3.8, 4) is 17.2 Å². The fourth-order valence-electron chi connectivity index (χ4n) is 4.80. The number of ether oxygens (including phenoxy) is 3. The largest absolute Gasteiger partial charge is 0.495 e. The first-order valence-electron chi connectivity index (χ1n) is 11.4. The molecule has 0 atom stereocenters. The smallest absolute Gasteiger partial charge is 0.322 e. The molecule has 9 nitrogen and oxygen atoms in total. The first-order chi connectivity index (χ1) is 16.5. The highest BCUT2D eigenvalue weighted by Gasteiger charge is 2.43. The van der Waals surface area contributed by atoms with E-state index in [0.717, 1.165) is 19.3 Å². The number of piperidine rings is 1. The number of methoxy groups -OCH3 is 3. The van der Waals surface area contributed by atoms with E-state index in [1.54, 1.807) is 33.5 Å². The van der Waals surface area contributed by atoms with Crippen molar-refractivity contribution >= 4 is 23.4 Å². The SMILES string of the molecule is COc1ccccc1NC(=O)N1CCC2(CC1)CCN(C(=O)Nc1c(OC)cccc1OC)C2. The van der Waals surface area contributed by atoms with E-state index in [-0.39, 0.29) is 17.5 Å². The van der Waals surface area contributed by atoms with Crippen LogP contribution in [0.5, 0.6) is 17.2 Å². The maximum atomic E-state index is 13.0. The molecule has 4 rings (SSSR count). The van der Waals surface area contributed by atoms with E-state index in [4.69, 9.17) is 14.2 Å². The molecule has 9 heteroatoms. The summed E-state index contributed by atoms with van der Waals surface area (Å²) in [5.74, 6) is 1.74. The van der Waals surface area contributed by atoms with Crippen molar-refractivity contribution in [3.05, 3.63) is 42.5 Å². The van der Waals surface area contributed by atoms with Crippen LogP contribution in [-0.4, -0.2) is 69.4 Å². The van der Waals surface area contributed by atoms with Crippen LogP contribution >= 0.6 is 0 Å². The molecule has 34 heavy (non-hydrogen) atoms. The van der Waals surface area contributed by atoms with Crippen LogP contribution in [0.1, 0.15) is 19.3 Å². The second kappa shape index (κ2) is 10.1. The predicted molar refractivity (Wildman–Crippen MR) is 130 cm³/mol. The molecule has 2 aromatic rings. The molecule has 2 fully saturated rings. The maximum absolute atomic E-state index is 13.0. The topological polar surface area (TPSA) is 92.4 Å². The van der Waals surface area contributed by atoms with Crippen LogP contribution in [0.4, 0.5) is 21.0 Å². The Morgan fingerprint density at radius 1 is 0.735 bits per heavy atom. The molecular weight excluding hydrogens is 436 g/mol. The number of carbonyl (C=O) groups is 2. The van der Waals surface area contributed by atoms with E-state index in [1.165, 1.54) is 0 Å². The molecule has 2 heterocycles. The van der Waals surface area contributed by atoms with Gasteiger partial charge in [-0.3, -0.25) is 0 Å². The van der Waals surface area contributed by atoms with Crippen LogP contribution in [0, 0.1) is 5.41 Å². The quantitative estimate of drug-likeness (QED) is 0.684. The molecule has 2 aliphatic rings. The van der Waals surface area contributed by atoms with Crippen molar-refractivity contribution in [1.82, 2.24) is 9.80 Å².